The van der Waals surface area contributed by atoms with Crippen molar-refractivity contribution in [1.29, 1.82) is 0 Å². The molecule has 1 nitrogen and oxygen atoms in total. The average molecular weight is 211 g/mol. The zero-order valence-corrected chi connectivity index (χ0v) is 11.2. The van der Waals surface area contributed by atoms with E-state index >= 15 is 0 Å². The number of hydrogen-bond donors (Lipinski definition) is 1. The summed E-state index contributed by atoms with van der Waals surface area (Å²) in [4.78, 5) is 0. The predicted octanol–water partition coefficient (Wildman–Crippen LogP) is 3.84. The highest BCUT2D eigenvalue weighted by atomic mass is 14.9. The van der Waals surface area contributed by atoms with Crippen LogP contribution in [-0.4, -0.2) is 12.1 Å². The van der Waals surface area contributed by atoms with Crippen LogP contribution in [0.25, 0.3) is 0 Å². The minimum Gasteiger partial charge on any atom is -0.312 e. The molecule has 1 fully saturated rings. The van der Waals surface area contributed by atoms with Crippen LogP contribution >= 0.6 is 0 Å². The molecular weight excluding hydrogens is 182 g/mol. The van der Waals surface area contributed by atoms with Crippen molar-refractivity contribution in [2.24, 2.45) is 17.8 Å². The van der Waals surface area contributed by atoms with Crippen molar-refractivity contribution in [1.82, 2.24) is 5.32 Å². The van der Waals surface area contributed by atoms with Gasteiger partial charge in [0.15, 0.2) is 0 Å². The van der Waals surface area contributed by atoms with Crippen molar-refractivity contribution in [3.8, 4) is 0 Å². The lowest BCUT2D eigenvalue weighted by atomic mass is 9.87. The predicted molar refractivity (Wildman–Crippen MR) is 68.0 cm³/mol. The number of rotatable bonds is 5. The lowest BCUT2D eigenvalue weighted by molar-refractivity contribution is 0.324. The average Bonchev–Trinajstić information content (AvgIpc) is 2.45. The van der Waals surface area contributed by atoms with Crippen LogP contribution in [0.1, 0.15) is 60.3 Å². The summed E-state index contributed by atoms with van der Waals surface area (Å²) in [7, 11) is 0. The second kappa shape index (κ2) is 5.89. The van der Waals surface area contributed by atoms with E-state index in [1.54, 1.807) is 0 Å². The third-order valence-corrected chi connectivity index (χ3v) is 4.02. The second-order valence-electron chi connectivity index (χ2n) is 5.98. The Hall–Kier alpha value is -0.0400. The lowest BCUT2D eigenvalue weighted by Gasteiger charge is -2.19. The van der Waals surface area contributed by atoms with E-state index in [0.29, 0.717) is 6.04 Å². The molecule has 0 saturated heterocycles. The Labute approximate surface area is 96.0 Å². The molecule has 1 aliphatic carbocycles. The van der Waals surface area contributed by atoms with Crippen LogP contribution in [0.2, 0.25) is 0 Å². The molecule has 1 heteroatoms. The van der Waals surface area contributed by atoms with Crippen LogP contribution in [0, 0.1) is 17.8 Å². The van der Waals surface area contributed by atoms with Gasteiger partial charge in [-0.1, -0.05) is 41.0 Å². The summed E-state index contributed by atoms with van der Waals surface area (Å²) in [5.74, 6) is 2.81. The quantitative estimate of drug-likeness (QED) is 0.728. The fourth-order valence-corrected chi connectivity index (χ4v) is 2.95. The molecule has 0 aliphatic heterocycles. The van der Waals surface area contributed by atoms with Crippen molar-refractivity contribution in [3.05, 3.63) is 0 Å². The lowest BCUT2D eigenvalue weighted by Crippen LogP contribution is -2.32. The van der Waals surface area contributed by atoms with Gasteiger partial charge in [-0.25, -0.2) is 0 Å². The van der Waals surface area contributed by atoms with Crippen molar-refractivity contribution in [3.63, 3.8) is 0 Å². The molecule has 15 heavy (non-hydrogen) atoms. The first-order valence-corrected chi connectivity index (χ1v) is 6.78. The minimum absolute atomic E-state index is 0.643. The van der Waals surface area contributed by atoms with Crippen LogP contribution in [0.4, 0.5) is 0 Å². The van der Waals surface area contributed by atoms with Gasteiger partial charge in [-0.05, 0) is 37.0 Å². The van der Waals surface area contributed by atoms with Crippen molar-refractivity contribution < 1.29 is 0 Å². The third kappa shape index (κ3) is 4.14. The largest absolute Gasteiger partial charge is 0.312 e. The fourth-order valence-electron chi connectivity index (χ4n) is 2.95. The zero-order chi connectivity index (χ0) is 11.4. The number of hydrogen-bond acceptors (Lipinski definition) is 1. The zero-order valence-electron chi connectivity index (χ0n) is 11.2. The van der Waals surface area contributed by atoms with Gasteiger partial charge in [-0.15, -0.1) is 0 Å². The van der Waals surface area contributed by atoms with Crippen LogP contribution in [-0.2, 0) is 0 Å². The summed E-state index contributed by atoms with van der Waals surface area (Å²) in [5, 5.41) is 3.69. The number of nitrogens with one attached hydrogen (secondary N) is 1. The van der Waals surface area contributed by atoms with Crippen molar-refractivity contribution in [2.75, 3.05) is 0 Å². The van der Waals surface area contributed by atoms with E-state index in [-0.39, 0.29) is 0 Å². The van der Waals surface area contributed by atoms with E-state index in [2.05, 4.69) is 39.9 Å². The molecule has 0 heterocycles. The summed E-state index contributed by atoms with van der Waals surface area (Å²) >= 11 is 0. The maximum absolute atomic E-state index is 3.69. The monoisotopic (exact) mass is 211 g/mol. The van der Waals surface area contributed by atoms with Gasteiger partial charge in [-0.2, -0.15) is 0 Å². The highest BCUT2D eigenvalue weighted by Gasteiger charge is 2.31. The molecule has 0 aromatic carbocycles. The van der Waals surface area contributed by atoms with Gasteiger partial charge in [0.2, 0.25) is 0 Å². The summed E-state index contributed by atoms with van der Waals surface area (Å²) in [5.41, 5.74) is 0. The van der Waals surface area contributed by atoms with E-state index in [0.717, 1.165) is 23.8 Å². The van der Waals surface area contributed by atoms with Gasteiger partial charge in [-0.3, -0.25) is 0 Å². The summed E-state index contributed by atoms with van der Waals surface area (Å²) < 4.78 is 0. The topological polar surface area (TPSA) is 12.0 Å². The smallest absolute Gasteiger partial charge is 0.00748 e. The molecule has 4 unspecified atom stereocenters. The van der Waals surface area contributed by atoms with Crippen molar-refractivity contribution >= 4 is 0 Å². The molecular formula is C14H29N. The van der Waals surface area contributed by atoms with Gasteiger partial charge in [0.25, 0.3) is 0 Å². The highest BCUT2D eigenvalue weighted by molar-refractivity contribution is 4.86. The molecule has 0 aromatic rings. The SMILES string of the molecule is CCC(C)CC1CC(NC(C)C)CC1C. The Kier molecular flexibility index (Phi) is 5.11. The Balaban J connectivity index is 2.35. The van der Waals surface area contributed by atoms with E-state index in [9.17, 15) is 0 Å². The van der Waals surface area contributed by atoms with Gasteiger partial charge < -0.3 is 5.32 Å². The standard InChI is InChI=1S/C14H29N/c1-6-11(4)7-13-9-14(8-12(13)5)15-10(2)3/h10-15H,6-9H2,1-5H3. The Morgan fingerprint density at radius 3 is 2.40 bits per heavy atom. The normalized spacial score (nSPS) is 33.6. The summed E-state index contributed by atoms with van der Waals surface area (Å²) in [6, 6.07) is 1.43. The van der Waals surface area contributed by atoms with E-state index in [1.807, 2.05) is 0 Å². The van der Waals surface area contributed by atoms with Crippen LogP contribution < -0.4 is 5.32 Å². The van der Waals surface area contributed by atoms with Crippen LogP contribution in [0.15, 0.2) is 0 Å². The molecule has 90 valence electrons. The summed E-state index contributed by atoms with van der Waals surface area (Å²) in [6.07, 6.45) is 5.57. The first-order chi connectivity index (χ1) is 7.02. The fraction of sp³-hybridized carbons (Fsp3) is 1.00. The van der Waals surface area contributed by atoms with Gasteiger partial charge in [0, 0.05) is 12.1 Å². The van der Waals surface area contributed by atoms with Crippen molar-refractivity contribution in [2.45, 2.75) is 72.4 Å². The van der Waals surface area contributed by atoms with E-state index < -0.39 is 0 Å². The maximum atomic E-state index is 3.69. The first kappa shape index (κ1) is 13.0. The molecule has 4 atom stereocenters. The van der Waals surface area contributed by atoms with E-state index in [1.165, 1.54) is 25.7 Å². The Morgan fingerprint density at radius 2 is 1.87 bits per heavy atom. The van der Waals surface area contributed by atoms with Gasteiger partial charge in [0.1, 0.15) is 0 Å². The first-order valence-electron chi connectivity index (χ1n) is 6.78. The molecule has 1 rings (SSSR count). The molecule has 0 spiro atoms. The Morgan fingerprint density at radius 1 is 1.20 bits per heavy atom. The Bertz CT molecular complexity index is 176. The van der Waals surface area contributed by atoms with E-state index in [4.69, 9.17) is 0 Å². The minimum atomic E-state index is 0.643. The maximum Gasteiger partial charge on any atom is 0.00748 e. The van der Waals surface area contributed by atoms with Gasteiger partial charge >= 0.3 is 0 Å². The van der Waals surface area contributed by atoms with Crippen LogP contribution in [0.5, 0.6) is 0 Å². The molecule has 1 N–H and O–H groups in total. The molecule has 1 aliphatic rings. The van der Waals surface area contributed by atoms with Crippen LogP contribution in [0.3, 0.4) is 0 Å². The molecule has 0 amide bonds. The van der Waals surface area contributed by atoms with Gasteiger partial charge in [0.05, 0.1) is 0 Å². The molecule has 1 saturated carbocycles. The second-order valence-corrected chi connectivity index (χ2v) is 5.98. The molecule has 0 radical (unpaired) electrons. The highest BCUT2D eigenvalue weighted by Crippen LogP contribution is 2.36. The molecule has 0 bridgehead atoms. The summed E-state index contributed by atoms with van der Waals surface area (Å²) in [6.45, 7) is 11.7. The third-order valence-electron chi connectivity index (χ3n) is 4.02. The molecule has 0 aromatic heterocycles.